The van der Waals surface area contributed by atoms with E-state index in [1.165, 1.54) is 43.3 Å². The molecule has 0 heterocycles. The second-order valence-corrected chi connectivity index (χ2v) is 8.60. The second kappa shape index (κ2) is 21.9. The van der Waals surface area contributed by atoms with Gasteiger partial charge in [-0.1, -0.05) is 0 Å². The Bertz CT molecular complexity index is 879. The smallest absolute Gasteiger partial charge is 1.00 e. The van der Waals surface area contributed by atoms with Gasteiger partial charge < -0.3 is 21.7 Å². The molecule has 0 bridgehead atoms. The largest absolute Gasteiger partial charge is 2.00 e. The maximum absolute atomic E-state index is 12.6. The molecule has 194 valence electrons. The first-order valence-corrected chi connectivity index (χ1v) is 11.2. The average Bonchev–Trinajstić information content (AvgIpc) is 2.70. The molecule has 0 aliphatic rings. The summed E-state index contributed by atoms with van der Waals surface area (Å²) in [6.45, 7) is 10.4. The molecular formula is C25H27Br2ClF6Mg2. The summed E-state index contributed by atoms with van der Waals surface area (Å²) in [4.78, 5) is 0. The van der Waals surface area contributed by atoms with Gasteiger partial charge in [-0.3, -0.25) is 0 Å². The fourth-order valence-corrected chi connectivity index (χ4v) is 2.59. The van der Waals surface area contributed by atoms with Crippen LogP contribution in [0.15, 0.2) is 45.3 Å². The van der Waals surface area contributed by atoms with Crippen LogP contribution in [0.25, 0.3) is 0 Å². The fraction of sp³-hybridized carbons (Fsp3) is 0.240. The molecule has 0 unspecified atom stereocenters. The van der Waals surface area contributed by atoms with Crippen LogP contribution in [0, 0.1) is 69.0 Å². The van der Waals surface area contributed by atoms with Crippen molar-refractivity contribution in [3.8, 4) is 0 Å². The molecule has 3 aromatic rings. The Balaban J connectivity index is -0.0000000903. The van der Waals surface area contributed by atoms with Gasteiger partial charge in [0.1, 0.15) is 34.9 Å². The normalized spacial score (nSPS) is 8.83. The molecule has 0 spiro atoms. The van der Waals surface area contributed by atoms with Crippen molar-refractivity contribution >= 4 is 78.0 Å². The maximum atomic E-state index is 12.6. The van der Waals surface area contributed by atoms with Crippen molar-refractivity contribution in [1.29, 1.82) is 0 Å². The van der Waals surface area contributed by atoms with Gasteiger partial charge in [0.25, 0.3) is 0 Å². The molecule has 36 heavy (non-hydrogen) atoms. The van der Waals surface area contributed by atoms with E-state index in [9.17, 15) is 26.3 Å². The predicted octanol–water partition coefficient (Wildman–Crippen LogP) is 6.35. The summed E-state index contributed by atoms with van der Waals surface area (Å²) in [5.74, 6) is -3.18. The molecule has 0 nitrogen and oxygen atoms in total. The summed E-state index contributed by atoms with van der Waals surface area (Å²) in [5.41, 5.74) is 1.86. The Labute approximate surface area is 268 Å². The van der Waals surface area contributed by atoms with Crippen LogP contribution in [0.2, 0.25) is 0 Å². The molecule has 3 rings (SSSR count). The molecule has 0 amide bonds. The maximum Gasteiger partial charge on any atom is 2.00 e. The van der Waals surface area contributed by atoms with Crippen molar-refractivity contribution in [3.05, 3.63) is 109 Å². The zero-order chi connectivity index (χ0) is 25.9. The van der Waals surface area contributed by atoms with Gasteiger partial charge in [-0.25, -0.2) is 26.3 Å². The van der Waals surface area contributed by atoms with Crippen LogP contribution < -0.4 is 12.4 Å². The molecule has 0 aromatic heterocycles. The molecular weight excluding hydrogens is 658 g/mol. The molecule has 11 heteroatoms. The predicted molar refractivity (Wildman–Crippen MR) is 143 cm³/mol. The van der Waals surface area contributed by atoms with E-state index in [-0.39, 0.29) is 75.9 Å². The topological polar surface area (TPSA) is 0 Å². The summed E-state index contributed by atoms with van der Waals surface area (Å²) >= 11 is 5.53. The Hall–Kier alpha value is 0.0225. The molecule has 3 aromatic carbocycles. The van der Waals surface area contributed by atoms with Gasteiger partial charge >= 0.3 is 46.1 Å². The van der Waals surface area contributed by atoms with Gasteiger partial charge in [0, 0.05) is 5.56 Å². The van der Waals surface area contributed by atoms with Crippen LogP contribution in [0.5, 0.6) is 0 Å². The number of rotatable bonds is 0. The third kappa shape index (κ3) is 16.1. The van der Waals surface area contributed by atoms with Crippen molar-refractivity contribution in [1.82, 2.24) is 0 Å². The van der Waals surface area contributed by atoms with Crippen molar-refractivity contribution < 1.29 is 41.6 Å². The third-order valence-electron chi connectivity index (χ3n) is 3.68. The Morgan fingerprint density at radius 2 is 0.694 bits per heavy atom. The number of aryl methyl sites for hydroxylation is 3. The van der Waals surface area contributed by atoms with Crippen LogP contribution >= 0.6 is 31.9 Å². The quantitative estimate of drug-likeness (QED) is 0.112. The van der Waals surface area contributed by atoms with Gasteiger partial charge in [-0.15, -0.1) is 0 Å². The van der Waals surface area contributed by atoms with Gasteiger partial charge in [-0.05, 0) is 113 Å². The Morgan fingerprint density at radius 3 is 0.889 bits per heavy atom. The summed E-state index contributed by atoms with van der Waals surface area (Å²) in [7, 11) is 0. The molecule has 0 atom stereocenters. The third-order valence-corrected chi connectivity index (χ3v) is 5.20. The SMILES string of the molecule is C[CH-]C.Cc1cc(F)c(Br)c(F)c1.Cc1cc(F)c(Br)c(F)c1.Cc1cc(F)c(C)c(F)c1.[Cl-].[H-].[H-].[Mg+2].[Mg+2]. The van der Waals surface area contributed by atoms with Crippen LogP contribution in [-0.2, 0) is 0 Å². The first-order chi connectivity index (χ1) is 15.2. The van der Waals surface area contributed by atoms with E-state index in [2.05, 4.69) is 31.9 Å². The van der Waals surface area contributed by atoms with Crippen LogP contribution in [-0.4, -0.2) is 46.1 Å². The Kier molecular flexibility index (Phi) is 26.2. The summed E-state index contributed by atoms with van der Waals surface area (Å²) < 4.78 is 75.2. The Morgan fingerprint density at radius 1 is 0.528 bits per heavy atom. The summed E-state index contributed by atoms with van der Waals surface area (Å²) in [5, 5.41) is 0. The number of benzene rings is 3. The van der Waals surface area contributed by atoms with E-state index >= 15 is 0 Å². The summed E-state index contributed by atoms with van der Waals surface area (Å²) in [6, 6.07) is 7.72. The zero-order valence-corrected chi connectivity index (χ0v) is 27.6. The van der Waals surface area contributed by atoms with Crippen LogP contribution in [0.4, 0.5) is 26.3 Å². The average molecular weight is 685 g/mol. The number of hydrogen-bond donors (Lipinski definition) is 0. The molecule has 0 saturated heterocycles. The minimum Gasteiger partial charge on any atom is -1.00 e. The molecule has 0 radical (unpaired) electrons. The first kappa shape index (κ1) is 43.1. The van der Waals surface area contributed by atoms with Crippen molar-refractivity contribution in [3.63, 3.8) is 0 Å². The molecule has 0 fully saturated rings. The van der Waals surface area contributed by atoms with Crippen molar-refractivity contribution in [2.75, 3.05) is 0 Å². The van der Waals surface area contributed by atoms with Crippen LogP contribution in [0.3, 0.4) is 0 Å². The van der Waals surface area contributed by atoms with Crippen LogP contribution in [0.1, 0.15) is 39.0 Å². The van der Waals surface area contributed by atoms with E-state index in [0.29, 0.717) is 16.7 Å². The second-order valence-electron chi connectivity index (χ2n) is 7.02. The van der Waals surface area contributed by atoms with E-state index in [0.717, 1.165) is 0 Å². The molecule has 0 N–H and O–H groups in total. The first-order valence-electron chi connectivity index (χ1n) is 9.63. The van der Waals surface area contributed by atoms with E-state index in [1.54, 1.807) is 20.8 Å². The molecule has 0 saturated carbocycles. The van der Waals surface area contributed by atoms with E-state index < -0.39 is 34.9 Å². The van der Waals surface area contributed by atoms with Crippen molar-refractivity contribution in [2.45, 2.75) is 41.5 Å². The zero-order valence-electron chi connectivity index (χ0n) is 22.9. The van der Waals surface area contributed by atoms with Gasteiger partial charge in [0.15, 0.2) is 0 Å². The van der Waals surface area contributed by atoms with E-state index in [1.807, 2.05) is 20.3 Å². The monoisotopic (exact) mass is 682 g/mol. The standard InChI is InChI=1S/C8H8F2.2C7H5BrF2.C3H7.ClH.2Mg.2H/c1-5-3-7(9)6(2)8(10)4-5;2*1-4-2-5(9)7(8)6(10)3-4;1-3-2;;;;;/h3-4H,1-2H3;2*2-3H,1H3;3H,1-2H3;1H;;;;/q;;;-1;;2*+2;2*-1/p-1. The van der Waals surface area contributed by atoms with E-state index in [4.69, 9.17) is 0 Å². The van der Waals surface area contributed by atoms with Gasteiger partial charge in [0.05, 0.1) is 8.95 Å². The molecule has 0 aliphatic heterocycles. The number of halogens is 9. The minimum atomic E-state index is -0.558. The summed E-state index contributed by atoms with van der Waals surface area (Å²) in [6.07, 6.45) is 2.00. The number of hydrogen-bond acceptors (Lipinski definition) is 0. The van der Waals surface area contributed by atoms with Gasteiger partial charge in [0.2, 0.25) is 0 Å². The molecule has 0 aliphatic carbocycles. The fourth-order valence-electron chi connectivity index (χ4n) is 2.14. The minimum absolute atomic E-state index is 0. The van der Waals surface area contributed by atoms with Crippen molar-refractivity contribution in [2.24, 2.45) is 0 Å². The van der Waals surface area contributed by atoms with Gasteiger partial charge in [-0.2, -0.15) is 13.8 Å².